The number of nitrogens with one attached hydrogen (secondary N) is 1. The molecular weight excluding hydrogens is 150 g/mol. The molecular formula is C7H7ClNO. The minimum absolute atomic E-state index is 0.293. The smallest absolute Gasteiger partial charge is 0.139 e. The van der Waals surface area contributed by atoms with E-state index in [9.17, 15) is 0 Å². The van der Waals surface area contributed by atoms with Crippen LogP contribution >= 0.6 is 11.6 Å². The van der Waals surface area contributed by atoms with Gasteiger partial charge in [0.25, 0.3) is 0 Å². The highest BCUT2D eigenvalue weighted by Gasteiger charge is 2.01. The fourth-order valence-electron chi connectivity index (χ4n) is 0.668. The summed E-state index contributed by atoms with van der Waals surface area (Å²) in [5, 5.41) is 0.366. The minimum Gasteiger partial charge on any atom is -0.495 e. The van der Waals surface area contributed by atoms with Crippen LogP contribution < -0.4 is 10.5 Å². The summed E-state index contributed by atoms with van der Waals surface area (Å²) in [6.07, 6.45) is 0. The second kappa shape index (κ2) is 2.80. The van der Waals surface area contributed by atoms with E-state index in [0.717, 1.165) is 0 Å². The number of rotatable bonds is 1. The Morgan fingerprint density at radius 3 is 2.70 bits per heavy atom. The quantitative estimate of drug-likeness (QED) is 0.614. The van der Waals surface area contributed by atoms with Gasteiger partial charge in [-0.3, -0.25) is 5.73 Å². The Kier molecular flexibility index (Phi) is 2.02. The van der Waals surface area contributed by atoms with Crippen LogP contribution in [0.4, 0.5) is 5.69 Å². The molecule has 0 amide bonds. The lowest BCUT2D eigenvalue weighted by Crippen LogP contribution is -1.83. The van der Waals surface area contributed by atoms with E-state index in [4.69, 9.17) is 22.1 Å². The molecule has 2 nitrogen and oxygen atoms in total. The summed E-state index contributed by atoms with van der Waals surface area (Å²) in [4.78, 5) is 0. The molecule has 0 saturated heterocycles. The van der Waals surface area contributed by atoms with Crippen LogP contribution in [0.5, 0.6) is 5.75 Å². The molecule has 53 valence electrons. The first kappa shape index (κ1) is 7.22. The van der Waals surface area contributed by atoms with Crippen LogP contribution in [0.15, 0.2) is 18.2 Å². The van der Waals surface area contributed by atoms with Crippen molar-refractivity contribution in [2.75, 3.05) is 7.11 Å². The molecule has 0 saturated carbocycles. The summed E-state index contributed by atoms with van der Waals surface area (Å²) < 4.78 is 4.87. The number of hydrogen-bond donors (Lipinski definition) is 0. The van der Waals surface area contributed by atoms with E-state index in [1.165, 1.54) is 7.11 Å². The molecule has 3 heteroatoms. The number of halogens is 1. The summed E-state index contributed by atoms with van der Waals surface area (Å²) in [6, 6.07) is 5.07. The van der Waals surface area contributed by atoms with Gasteiger partial charge in [0.1, 0.15) is 10.8 Å². The third kappa shape index (κ3) is 1.16. The zero-order valence-electron chi connectivity index (χ0n) is 5.52. The molecule has 0 aliphatic heterocycles. The molecule has 0 aliphatic rings. The molecule has 1 aromatic rings. The highest BCUT2D eigenvalue weighted by Crippen LogP contribution is 2.29. The van der Waals surface area contributed by atoms with Crippen molar-refractivity contribution in [3.8, 4) is 5.75 Å². The Bertz CT molecular complexity index is 237. The zero-order chi connectivity index (χ0) is 7.56. The predicted molar refractivity (Wildman–Crippen MR) is 40.8 cm³/mol. The Hall–Kier alpha value is -0.890. The average molecular weight is 157 g/mol. The molecule has 0 bridgehead atoms. The van der Waals surface area contributed by atoms with Crippen LogP contribution in [0.1, 0.15) is 0 Å². The number of hydrogen-bond acceptors (Lipinski definition) is 1. The highest BCUT2D eigenvalue weighted by molar-refractivity contribution is 6.34. The summed E-state index contributed by atoms with van der Waals surface area (Å²) in [5.41, 5.74) is 7.54. The summed E-state index contributed by atoms with van der Waals surface area (Å²) in [6.45, 7) is 0. The van der Waals surface area contributed by atoms with Crippen LogP contribution in [-0.2, 0) is 0 Å². The Morgan fingerprint density at radius 1 is 1.50 bits per heavy atom. The molecule has 0 heterocycles. The van der Waals surface area contributed by atoms with Crippen LogP contribution in [0, 0.1) is 0 Å². The summed E-state index contributed by atoms with van der Waals surface area (Å²) >= 11 is 5.68. The largest absolute Gasteiger partial charge is 0.495 e. The fraction of sp³-hybridized carbons (Fsp3) is 0.143. The normalized spacial score (nSPS) is 9.40. The lowest BCUT2D eigenvalue weighted by molar-refractivity contribution is 0.415. The van der Waals surface area contributed by atoms with E-state index >= 15 is 0 Å². The summed E-state index contributed by atoms with van der Waals surface area (Å²) in [5.74, 6) is 0.550. The molecule has 0 fully saturated rings. The van der Waals surface area contributed by atoms with Crippen molar-refractivity contribution >= 4 is 17.3 Å². The van der Waals surface area contributed by atoms with Crippen LogP contribution in [0.2, 0.25) is 5.02 Å². The van der Waals surface area contributed by atoms with Crippen molar-refractivity contribution in [1.82, 2.24) is 5.73 Å². The number of methoxy groups -OCH3 is 1. The van der Waals surface area contributed by atoms with E-state index in [2.05, 4.69) is 0 Å². The maximum atomic E-state index is 7.25. The van der Waals surface area contributed by atoms with Gasteiger partial charge < -0.3 is 4.74 Å². The Labute approximate surface area is 64.6 Å². The van der Waals surface area contributed by atoms with Gasteiger partial charge in [0.05, 0.1) is 12.8 Å². The first-order valence-electron chi connectivity index (χ1n) is 2.80. The first-order valence-corrected chi connectivity index (χ1v) is 3.17. The standard InChI is InChI=1S/C7H7ClNO/c1-10-6-4-2-3-5(9)7(6)8/h2-4,9H,1H3. The molecule has 10 heavy (non-hydrogen) atoms. The van der Waals surface area contributed by atoms with Gasteiger partial charge in [0.15, 0.2) is 0 Å². The second-order valence-electron chi connectivity index (χ2n) is 1.82. The van der Waals surface area contributed by atoms with Gasteiger partial charge in [0.2, 0.25) is 0 Å². The van der Waals surface area contributed by atoms with E-state index < -0.39 is 0 Å². The summed E-state index contributed by atoms with van der Waals surface area (Å²) in [7, 11) is 1.53. The van der Waals surface area contributed by atoms with Crippen LogP contribution in [-0.4, -0.2) is 7.11 Å². The first-order chi connectivity index (χ1) is 4.75. The lowest BCUT2D eigenvalue weighted by Gasteiger charge is -2.02. The van der Waals surface area contributed by atoms with Gasteiger partial charge in [-0.2, -0.15) is 0 Å². The lowest BCUT2D eigenvalue weighted by atomic mass is 10.3. The molecule has 0 atom stereocenters. The monoisotopic (exact) mass is 156 g/mol. The average Bonchev–Trinajstić information content (AvgIpc) is 1.95. The molecule has 1 rings (SSSR count). The van der Waals surface area contributed by atoms with Crippen LogP contribution in [0.25, 0.3) is 0 Å². The van der Waals surface area contributed by atoms with E-state index in [0.29, 0.717) is 16.5 Å². The molecule has 0 aliphatic carbocycles. The van der Waals surface area contributed by atoms with Crippen molar-refractivity contribution in [2.24, 2.45) is 0 Å². The number of benzene rings is 1. The minimum atomic E-state index is 0.293. The fourth-order valence-corrected chi connectivity index (χ4v) is 0.872. The van der Waals surface area contributed by atoms with Crippen molar-refractivity contribution in [3.63, 3.8) is 0 Å². The predicted octanol–water partition coefficient (Wildman–Crippen LogP) is 2.26. The third-order valence-corrected chi connectivity index (χ3v) is 1.57. The molecule has 1 N–H and O–H groups in total. The van der Waals surface area contributed by atoms with Gasteiger partial charge in [-0.15, -0.1) is 0 Å². The molecule has 1 aromatic carbocycles. The maximum absolute atomic E-state index is 7.25. The van der Waals surface area contributed by atoms with Crippen LogP contribution in [0.3, 0.4) is 0 Å². The molecule has 0 aromatic heterocycles. The van der Waals surface area contributed by atoms with E-state index in [-0.39, 0.29) is 0 Å². The van der Waals surface area contributed by atoms with Crippen molar-refractivity contribution in [3.05, 3.63) is 23.2 Å². The van der Waals surface area contributed by atoms with Gasteiger partial charge in [-0.05, 0) is 12.1 Å². The third-order valence-electron chi connectivity index (χ3n) is 1.18. The molecule has 1 radical (unpaired) electrons. The highest BCUT2D eigenvalue weighted by atomic mass is 35.5. The van der Waals surface area contributed by atoms with Gasteiger partial charge in [-0.1, -0.05) is 17.7 Å². The zero-order valence-corrected chi connectivity index (χ0v) is 6.27. The van der Waals surface area contributed by atoms with Gasteiger partial charge in [0, 0.05) is 0 Å². The van der Waals surface area contributed by atoms with Crippen molar-refractivity contribution in [2.45, 2.75) is 0 Å². The SMILES string of the molecule is COc1cccc([NH])c1Cl. The second-order valence-corrected chi connectivity index (χ2v) is 2.20. The van der Waals surface area contributed by atoms with Crippen molar-refractivity contribution < 1.29 is 4.74 Å². The van der Waals surface area contributed by atoms with Gasteiger partial charge in [-0.25, -0.2) is 0 Å². The van der Waals surface area contributed by atoms with Gasteiger partial charge >= 0.3 is 0 Å². The Balaban J connectivity index is 3.14. The number of ether oxygens (including phenoxy) is 1. The van der Waals surface area contributed by atoms with Crippen molar-refractivity contribution in [1.29, 1.82) is 0 Å². The maximum Gasteiger partial charge on any atom is 0.139 e. The topological polar surface area (TPSA) is 33.0 Å². The van der Waals surface area contributed by atoms with E-state index in [1.807, 2.05) is 0 Å². The van der Waals surface area contributed by atoms with E-state index in [1.54, 1.807) is 18.2 Å². The molecule has 0 unspecified atom stereocenters. The molecule has 0 spiro atoms. The Morgan fingerprint density at radius 2 is 2.20 bits per heavy atom.